The van der Waals surface area contributed by atoms with Gasteiger partial charge in [0.1, 0.15) is 7.05 Å². The molecule has 0 saturated carbocycles. The van der Waals surface area contributed by atoms with E-state index in [1.54, 1.807) is 0 Å². The highest BCUT2D eigenvalue weighted by atomic mass is 79.9. The molecule has 0 saturated heterocycles. The van der Waals surface area contributed by atoms with Crippen LogP contribution < -0.4 is 4.90 Å². The van der Waals surface area contributed by atoms with E-state index in [0.717, 1.165) is 17.6 Å². The molecule has 0 spiro atoms. The van der Waals surface area contributed by atoms with Gasteiger partial charge in [-0.15, -0.1) is 0 Å². The van der Waals surface area contributed by atoms with E-state index < -0.39 is 0 Å². The maximum Gasteiger partial charge on any atom is 0.209 e. The predicted molar refractivity (Wildman–Crippen MR) is 117 cm³/mol. The molecule has 1 aliphatic rings. The number of nitrogens with zero attached hydrogens (tertiary/aromatic N) is 2. The second kappa shape index (κ2) is 7.40. The molecular formula is C23H28BrN2+. The number of para-hydroxylation sites is 1. The summed E-state index contributed by atoms with van der Waals surface area (Å²) >= 11 is 3.75. The van der Waals surface area contributed by atoms with Gasteiger partial charge in [-0.3, -0.25) is 0 Å². The Balaban J connectivity index is 1.93. The first-order valence-corrected chi connectivity index (χ1v) is 10.1. The van der Waals surface area contributed by atoms with Gasteiger partial charge in [0.05, 0.1) is 5.41 Å². The topological polar surface area (TPSA) is 6.25 Å². The molecule has 0 radical (unpaired) electrons. The van der Waals surface area contributed by atoms with Gasteiger partial charge < -0.3 is 4.90 Å². The van der Waals surface area contributed by atoms with E-state index in [1.807, 2.05) is 0 Å². The van der Waals surface area contributed by atoms with Crippen LogP contribution in [-0.2, 0) is 5.41 Å². The van der Waals surface area contributed by atoms with E-state index in [2.05, 4.69) is 115 Å². The standard InChI is InChI=1S/C23H28BrN2/c1-6-26(7-2)18-14-12-17(20(24)16-18)13-15-22-23(3,4)19-10-8-9-11-21(19)25(22)5/h8-16H,6-7H2,1-5H3/q+1. The molecule has 0 unspecified atom stereocenters. The number of anilines is 1. The number of hydrogen-bond donors (Lipinski definition) is 0. The minimum atomic E-state index is 0.00941. The maximum absolute atomic E-state index is 3.75. The van der Waals surface area contributed by atoms with Crippen molar-refractivity contribution >= 4 is 39.1 Å². The number of benzene rings is 2. The molecule has 3 rings (SSSR count). The van der Waals surface area contributed by atoms with Crippen LogP contribution in [0.3, 0.4) is 0 Å². The summed E-state index contributed by atoms with van der Waals surface area (Å²) in [7, 11) is 2.16. The summed E-state index contributed by atoms with van der Waals surface area (Å²) in [4.78, 5) is 2.36. The number of rotatable bonds is 5. The van der Waals surface area contributed by atoms with Crippen molar-refractivity contribution < 1.29 is 4.58 Å². The molecule has 0 fully saturated rings. The normalized spacial score (nSPS) is 15.6. The molecule has 136 valence electrons. The fourth-order valence-electron chi connectivity index (χ4n) is 3.91. The average Bonchev–Trinajstić information content (AvgIpc) is 2.82. The van der Waals surface area contributed by atoms with Crippen LogP contribution in [0, 0.1) is 0 Å². The molecule has 1 heterocycles. The van der Waals surface area contributed by atoms with Crippen LogP contribution in [0.1, 0.15) is 38.8 Å². The largest absolute Gasteiger partial charge is 0.372 e. The lowest BCUT2D eigenvalue weighted by molar-refractivity contribution is -0.401. The maximum atomic E-state index is 3.75. The lowest BCUT2D eigenvalue weighted by atomic mass is 9.81. The van der Waals surface area contributed by atoms with Gasteiger partial charge in [0.25, 0.3) is 0 Å². The van der Waals surface area contributed by atoms with Crippen LogP contribution >= 0.6 is 15.9 Å². The summed E-state index contributed by atoms with van der Waals surface area (Å²) in [6, 6.07) is 15.3. The van der Waals surface area contributed by atoms with E-state index in [-0.39, 0.29) is 5.41 Å². The van der Waals surface area contributed by atoms with E-state index in [1.165, 1.54) is 28.2 Å². The minimum Gasteiger partial charge on any atom is -0.372 e. The summed E-state index contributed by atoms with van der Waals surface area (Å²) < 4.78 is 3.44. The molecule has 0 N–H and O–H groups in total. The summed E-state index contributed by atoms with van der Waals surface area (Å²) in [5, 5.41) is 0. The van der Waals surface area contributed by atoms with E-state index >= 15 is 0 Å². The van der Waals surface area contributed by atoms with Crippen molar-refractivity contribution in [3.05, 3.63) is 64.1 Å². The van der Waals surface area contributed by atoms with Gasteiger partial charge in [0.2, 0.25) is 5.69 Å². The third kappa shape index (κ3) is 3.25. The van der Waals surface area contributed by atoms with E-state index in [0.29, 0.717) is 0 Å². The Morgan fingerprint density at radius 1 is 1.04 bits per heavy atom. The van der Waals surface area contributed by atoms with Gasteiger partial charge in [0, 0.05) is 41.0 Å². The number of hydrogen-bond acceptors (Lipinski definition) is 1. The van der Waals surface area contributed by atoms with Crippen LogP contribution in [0.2, 0.25) is 0 Å². The van der Waals surface area contributed by atoms with E-state index in [9.17, 15) is 0 Å². The average molecular weight is 412 g/mol. The molecule has 0 bridgehead atoms. The first-order chi connectivity index (χ1) is 12.4. The molecule has 2 aromatic rings. The summed E-state index contributed by atoms with van der Waals surface area (Å²) in [5.41, 5.74) is 6.48. The SMILES string of the molecule is CCN(CC)c1ccc(/C=C/C2=[N+](C)c3ccccc3C2(C)C)c(Br)c1. The fourth-order valence-corrected chi connectivity index (χ4v) is 4.41. The zero-order valence-electron chi connectivity index (χ0n) is 16.4. The third-order valence-electron chi connectivity index (χ3n) is 5.47. The molecule has 0 aromatic heterocycles. The van der Waals surface area contributed by atoms with E-state index in [4.69, 9.17) is 0 Å². The summed E-state index contributed by atoms with van der Waals surface area (Å²) in [5.74, 6) is 0. The molecule has 0 atom stereocenters. The second-order valence-corrected chi connectivity index (χ2v) is 8.15. The van der Waals surface area contributed by atoms with Gasteiger partial charge in [0.15, 0.2) is 5.71 Å². The van der Waals surface area contributed by atoms with Crippen LogP contribution in [0.25, 0.3) is 6.08 Å². The second-order valence-electron chi connectivity index (χ2n) is 7.30. The zero-order valence-corrected chi connectivity index (χ0v) is 18.0. The zero-order chi connectivity index (χ0) is 18.9. The van der Waals surface area contributed by atoms with Crippen LogP contribution in [0.5, 0.6) is 0 Å². The molecular weight excluding hydrogens is 384 g/mol. The minimum absolute atomic E-state index is 0.00941. The van der Waals surface area contributed by atoms with Crippen molar-refractivity contribution in [2.24, 2.45) is 0 Å². The third-order valence-corrected chi connectivity index (χ3v) is 6.16. The van der Waals surface area contributed by atoms with Gasteiger partial charge >= 0.3 is 0 Å². The fraction of sp³-hybridized carbons (Fsp3) is 0.348. The van der Waals surface area contributed by atoms with Crippen molar-refractivity contribution in [2.75, 3.05) is 25.0 Å². The van der Waals surface area contributed by atoms with Crippen molar-refractivity contribution in [2.45, 2.75) is 33.1 Å². The van der Waals surface area contributed by atoms with Crippen LogP contribution in [0.4, 0.5) is 11.4 Å². The molecule has 0 aliphatic carbocycles. The Kier molecular flexibility index (Phi) is 5.38. The number of allylic oxidation sites excluding steroid dienone is 1. The Morgan fingerprint density at radius 3 is 2.35 bits per heavy atom. The van der Waals surface area contributed by atoms with Crippen LogP contribution in [0.15, 0.2) is 53.0 Å². The Morgan fingerprint density at radius 2 is 1.73 bits per heavy atom. The summed E-state index contributed by atoms with van der Waals surface area (Å²) in [6.45, 7) is 11.0. The Bertz CT molecular complexity index is 874. The lowest BCUT2D eigenvalue weighted by Gasteiger charge is -2.21. The lowest BCUT2D eigenvalue weighted by Crippen LogP contribution is -2.26. The van der Waals surface area contributed by atoms with Gasteiger partial charge in [-0.05, 0) is 51.5 Å². The van der Waals surface area contributed by atoms with Crippen molar-refractivity contribution in [1.29, 1.82) is 0 Å². The molecule has 1 aliphatic heterocycles. The molecule has 2 nitrogen and oxygen atoms in total. The number of halogens is 1. The van der Waals surface area contributed by atoms with Crippen molar-refractivity contribution in [1.82, 2.24) is 0 Å². The van der Waals surface area contributed by atoms with Gasteiger partial charge in [-0.2, -0.15) is 4.58 Å². The quantitative estimate of drug-likeness (QED) is 0.545. The molecule has 26 heavy (non-hydrogen) atoms. The Hall–Kier alpha value is -1.87. The highest BCUT2D eigenvalue weighted by Crippen LogP contribution is 2.39. The highest BCUT2D eigenvalue weighted by Gasteiger charge is 2.42. The summed E-state index contributed by atoms with van der Waals surface area (Å²) in [6.07, 6.45) is 4.48. The monoisotopic (exact) mass is 411 g/mol. The molecule has 2 aromatic carbocycles. The first kappa shape index (κ1) is 18.9. The van der Waals surface area contributed by atoms with Gasteiger partial charge in [-0.1, -0.05) is 40.2 Å². The van der Waals surface area contributed by atoms with Crippen molar-refractivity contribution in [3.8, 4) is 0 Å². The first-order valence-electron chi connectivity index (χ1n) is 9.33. The molecule has 3 heteroatoms. The smallest absolute Gasteiger partial charge is 0.209 e. The van der Waals surface area contributed by atoms with Crippen molar-refractivity contribution in [3.63, 3.8) is 0 Å². The number of fused-ring (bicyclic) bond motifs is 1. The highest BCUT2D eigenvalue weighted by molar-refractivity contribution is 9.10. The Labute approximate surface area is 166 Å². The van der Waals surface area contributed by atoms with Gasteiger partial charge in [-0.25, -0.2) is 0 Å². The molecule has 0 amide bonds. The van der Waals surface area contributed by atoms with Crippen LogP contribution in [-0.4, -0.2) is 30.4 Å². The predicted octanol–water partition coefficient (Wildman–Crippen LogP) is 6.01.